The molecular weight excluding hydrogens is 701 g/mol. The third-order valence-corrected chi connectivity index (χ3v) is 13.3. The van der Waals surface area contributed by atoms with Crippen LogP contribution in [0.2, 0.25) is 0 Å². The van der Waals surface area contributed by atoms with Crippen molar-refractivity contribution in [1.82, 2.24) is 0 Å². The molecule has 56 heavy (non-hydrogen) atoms. The predicted molar refractivity (Wildman–Crippen MR) is 228 cm³/mol. The van der Waals surface area contributed by atoms with Crippen LogP contribution < -0.4 is 0 Å². The van der Waals surface area contributed by atoms with Crippen molar-refractivity contribution >= 4 is 40.5 Å². The highest BCUT2D eigenvalue weighted by Gasteiger charge is 2.31. The Morgan fingerprint density at radius 2 is 0.732 bits per heavy atom. The summed E-state index contributed by atoms with van der Waals surface area (Å²) in [6, 6.07) is 0. The molecule has 0 aromatic carbocycles. The van der Waals surface area contributed by atoms with Gasteiger partial charge in [-0.1, -0.05) is 89.5 Å². The first-order valence-electron chi connectivity index (χ1n) is 22.8. The van der Waals surface area contributed by atoms with E-state index in [1.54, 1.807) is 0 Å². The molecular formula is C49H84O7. The van der Waals surface area contributed by atoms with Crippen molar-refractivity contribution in [2.75, 3.05) is 0 Å². The first-order chi connectivity index (χ1) is 26.1. The summed E-state index contributed by atoms with van der Waals surface area (Å²) in [6.07, 6.45) is 16.5. The number of Topliss-reactive ketones (excluding diaryl/α,β-unsaturated/α-hetero) is 7. The van der Waals surface area contributed by atoms with E-state index in [0.717, 1.165) is 89.9 Å². The van der Waals surface area contributed by atoms with Gasteiger partial charge in [-0.15, -0.1) is 0 Å². The van der Waals surface area contributed by atoms with Crippen LogP contribution in [0.15, 0.2) is 0 Å². The fraction of sp³-hybridized carbons (Fsp3) is 0.857. The maximum absolute atomic E-state index is 11.2. The van der Waals surface area contributed by atoms with Gasteiger partial charge >= 0.3 is 0 Å². The Kier molecular flexibility index (Phi) is 24.6. The molecule has 0 bridgehead atoms. The van der Waals surface area contributed by atoms with Crippen LogP contribution in [0.1, 0.15) is 199 Å². The Labute approximate surface area is 342 Å². The average molecular weight is 785 g/mol. The van der Waals surface area contributed by atoms with Crippen molar-refractivity contribution in [1.29, 1.82) is 0 Å². The van der Waals surface area contributed by atoms with Crippen molar-refractivity contribution in [3.05, 3.63) is 0 Å². The lowest BCUT2D eigenvalue weighted by Gasteiger charge is -2.27. The highest BCUT2D eigenvalue weighted by molar-refractivity contribution is 6.02. The zero-order valence-corrected chi connectivity index (χ0v) is 38.0. The molecule has 322 valence electrons. The van der Waals surface area contributed by atoms with Crippen molar-refractivity contribution in [3.63, 3.8) is 0 Å². The number of rotatable bonds is 6. The second kappa shape index (κ2) is 26.6. The van der Waals surface area contributed by atoms with Crippen molar-refractivity contribution in [2.45, 2.75) is 199 Å². The SMILES string of the molecule is CC(C)C1CC(=O)C1.CC(C)C1CCC(=O)C1.CC(C)C1CCC(=O)CC1=O.CC(C)C1CCC1=O.CC(C)C1CCCC(=O)C1.CC(C)C1CCCCC1=O. The van der Waals surface area contributed by atoms with Gasteiger partial charge in [0.15, 0.2) is 0 Å². The van der Waals surface area contributed by atoms with Gasteiger partial charge in [0.2, 0.25) is 0 Å². The molecule has 0 N–H and O–H groups in total. The first-order valence-corrected chi connectivity index (χ1v) is 22.8. The number of carbonyl (C=O) groups is 7. The molecule has 6 aliphatic carbocycles. The molecule has 6 rings (SSSR count). The van der Waals surface area contributed by atoms with Gasteiger partial charge in [-0.05, 0) is 98.2 Å². The smallest absolute Gasteiger partial charge is 0.143 e. The average Bonchev–Trinajstić information content (AvgIpc) is 3.54. The Balaban J connectivity index is 0.000000337. The number of hydrogen-bond donors (Lipinski definition) is 0. The summed E-state index contributed by atoms with van der Waals surface area (Å²) >= 11 is 0. The van der Waals surface area contributed by atoms with Crippen LogP contribution in [0.5, 0.6) is 0 Å². The van der Waals surface area contributed by atoms with Gasteiger partial charge in [-0.3, -0.25) is 33.6 Å². The minimum Gasteiger partial charge on any atom is -0.300 e. The summed E-state index contributed by atoms with van der Waals surface area (Å²) < 4.78 is 0. The van der Waals surface area contributed by atoms with Crippen molar-refractivity contribution in [3.8, 4) is 0 Å². The minimum atomic E-state index is 0.118. The lowest BCUT2D eigenvalue weighted by atomic mass is 9.76. The molecule has 6 aliphatic rings. The van der Waals surface area contributed by atoms with Crippen LogP contribution in [0.25, 0.3) is 0 Å². The molecule has 0 aromatic rings. The Morgan fingerprint density at radius 1 is 0.321 bits per heavy atom. The predicted octanol–water partition coefficient (Wildman–Crippen LogP) is 11.6. The van der Waals surface area contributed by atoms with E-state index in [1.807, 2.05) is 13.8 Å². The highest BCUT2D eigenvalue weighted by atomic mass is 16.2. The Bertz CT molecular complexity index is 1250. The largest absolute Gasteiger partial charge is 0.300 e. The van der Waals surface area contributed by atoms with Crippen LogP contribution in [0.3, 0.4) is 0 Å². The van der Waals surface area contributed by atoms with Gasteiger partial charge in [0.25, 0.3) is 0 Å². The zero-order chi connectivity index (χ0) is 42.7. The van der Waals surface area contributed by atoms with E-state index < -0.39 is 0 Å². The van der Waals surface area contributed by atoms with E-state index in [1.165, 1.54) is 12.8 Å². The molecule has 0 amide bonds. The monoisotopic (exact) mass is 785 g/mol. The molecule has 6 saturated carbocycles. The molecule has 0 aliphatic heterocycles. The lowest BCUT2D eigenvalue weighted by molar-refractivity contribution is -0.134. The van der Waals surface area contributed by atoms with Gasteiger partial charge < -0.3 is 0 Å². The Morgan fingerprint density at radius 3 is 1.02 bits per heavy atom. The third kappa shape index (κ3) is 19.9. The van der Waals surface area contributed by atoms with E-state index in [0.29, 0.717) is 100 Å². The van der Waals surface area contributed by atoms with Gasteiger partial charge in [-0.2, -0.15) is 0 Å². The third-order valence-electron chi connectivity index (χ3n) is 13.3. The van der Waals surface area contributed by atoms with Crippen molar-refractivity contribution in [2.24, 2.45) is 71.0 Å². The van der Waals surface area contributed by atoms with Crippen LogP contribution in [-0.4, -0.2) is 40.5 Å². The fourth-order valence-electron chi connectivity index (χ4n) is 8.48. The summed E-state index contributed by atoms with van der Waals surface area (Å²) in [5.41, 5.74) is 0. The van der Waals surface area contributed by atoms with Crippen molar-refractivity contribution < 1.29 is 33.6 Å². The zero-order valence-electron chi connectivity index (χ0n) is 38.0. The van der Waals surface area contributed by atoms with Crippen LogP contribution in [-0.2, 0) is 33.6 Å². The van der Waals surface area contributed by atoms with Gasteiger partial charge in [0.05, 0.1) is 6.42 Å². The minimum absolute atomic E-state index is 0.118. The molecule has 0 saturated heterocycles. The van der Waals surface area contributed by atoms with E-state index in [9.17, 15) is 33.6 Å². The molecule has 7 heteroatoms. The van der Waals surface area contributed by atoms with E-state index in [-0.39, 0.29) is 23.9 Å². The standard InChI is InChI=1S/C9H14O2.2C9H16O.C8H14O.2C7H12O/c1-6(2)8-4-3-7(10)5-9(8)11;1-7(2)8-4-3-5-9(10)6-8;1-7(2)8-5-3-4-6-9(8)10;1-6(2)7-3-4-8(9)5-7;1-5(2)6-3-7(8)4-6;1-5(2)6-3-4-7(6)8/h6,8H,3-5H2,1-2H3;2*7-8H,3-6H2,1-2H3;6-7H,3-5H2,1-2H3;2*5-6H,3-4H2,1-2H3. The van der Waals surface area contributed by atoms with E-state index in [2.05, 4.69) is 69.2 Å². The van der Waals surface area contributed by atoms with Gasteiger partial charge in [-0.25, -0.2) is 0 Å². The second-order valence-corrected chi connectivity index (χ2v) is 19.9. The second-order valence-electron chi connectivity index (χ2n) is 19.9. The summed E-state index contributed by atoms with van der Waals surface area (Å²) in [6.45, 7) is 25.8. The summed E-state index contributed by atoms with van der Waals surface area (Å²) in [4.78, 5) is 76.1. The van der Waals surface area contributed by atoms with Crippen LogP contribution in [0, 0.1) is 71.0 Å². The molecule has 5 atom stereocenters. The van der Waals surface area contributed by atoms with Crippen LogP contribution >= 0.6 is 0 Å². The molecule has 0 heterocycles. The summed E-state index contributed by atoms with van der Waals surface area (Å²) in [5.74, 6) is 9.32. The number of carbonyl (C=O) groups excluding carboxylic acids is 7. The maximum Gasteiger partial charge on any atom is 0.143 e. The molecule has 0 spiro atoms. The van der Waals surface area contributed by atoms with Crippen LogP contribution in [0.4, 0.5) is 0 Å². The highest BCUT2D eigenvalue weighted by Crippen LogP contribution is 2.31. The fourth-order valence-corrected chi connectivity index (χ4v) is 8.48. The first kappa shape index (κ1) is 51.7. The molecule has 0 aromatic heterocycles. The molecule has 7 nitrogen and oxygen atoms in total. The quantitative estimate of drug-likeness (QED) is 0.246. The molecule has 6 fully saturated rings. The number of hydrogen-bond acceptors (Lipinski definition) is 7. The molecule has 0 radical (unpaired) electrons. The Hall–Kier alpha value is -2.31. The normalized spacial score (nSPS) is 26.6. The molecule has 5 unspecified atom stereocenters. The summed E-state index contributed by atoms with van der Waals surface area (Å²) in [5, 5.41) is 0. The van der Waals surface area contributed by atoms with E-state index >= 15 is 0 Å². The lowest BCUT2D eigenvalue weighted by Crippen LogP contribution is -2.29. The topological polar surface area (TPSA) is 119 Å². The number of ketones is 7. The summed E-state index contributed by atoms with van der Waals surface area (Å²) in [7, 11) is 0. The maximum atomic E-state index is 11.2. The van der Waals surface area contributed by atoms with Gasteiger partial charge in [0.1, 0.15) is 40.5 Å². The van der Waals surface area contributed by atoms with Gasteiger partial charge in [0, 0.05) is 75.5 Å². The van der Waals surface area contributed by atoms with E-state index in [4.69, 9.17) is 0 Å².